The molecule has 0 amide bonds. The fourth-order valence-corrected chi connectivity index (χ4v) is 6.55. The van der Waals surface area contributed by atoms with Gasteiger partial charge in [0.2, 0.25) is 18.1 Å². The number of alkyl halides is 3. The number of carbonyl (C=O) groups is 1. The number of ketones is 1. The minimum atomic E-state index is -2.51. The largest absolute Gasteiger partial charge is 0.390 e. The summed E-state index contributed by atoms with van der Waals surface area (Å²) >= 11 is 6.43. The van der Waals surface area contributed by atoms with Crippen LogP contribution in [0.5, 0.6) is 0 Å². The van der Waals surface area contributed by atoms with E-state index in [1.807, 2.05) is 12.1 Å². The Morgan fingerprint density at radius 2 is 2.00 bits per heavy atom. The van der Waals surface area contributed by atoms with Gasteiger partial charge in [0.05, 0.1) is 28.8 Å². The number of Topliss-reactive ketones (excluding diaryl/α,β-unsaturated/α-hetero) is 1. The van der Waals surface area contributed by atoms with E-state index >= 15 is 0 Å². The molecule has 40 heavy (non-hydrogen) atoms. The summed E-state index contributed by atoms with van der Waals surface area (Å²) in [6.07, 6.45) is 0.525. The highest BCUT2D eigenvalue weighted by Gasteiger charge is 2.60. The van der Waals surface area contributed by atoms with Crippen molar-refractivity contribution in [3.05, 3.63) is 64.8 Å². The first-order chi connectivity index (χ1) is 19.1. The van der Waals surface area contributed by atoms with Crippen LogP contribution in [0.3, 0.4) is 0 Å². The molecule has 1 spiro atoms. The fourth-order valence-electron chi connectivity index (χ4n) is 6.37. The zero-order valence-electron chi connectivity index (χ0n) is 21.2. The van der Waals surface area contributed by atoms with Gasteiger partial charge in [0.1, 0.15) is 6.17 Å². The van der Waals surface area contributed by atoms with Crippen molar-refractivity contribution in [2.45, 2.75) is 56.2 Å². The molecule has 2 saturated carbocycles. The van der Waals surface area contributed by atoms with Crippen LogP contribution in [0.15, 0.2) is 47.2 Å². The van der Waals surface area contributed by atoms with Crippen molar-refractivity contribution in [2.24, 2.45) is 5.41 Å². The summed E-state index contributed by atoms with van der Waals surface area (Å²) in [5, 5.41) is 19.0. The van der Waals surface area contributed by atoms with Crippen LogP contribution in [0.4, 0.5) is 18.9 Å². The van der Waals surface area contributed by atoms with Gasteiger partial charge < -0.3 is 14.5 Å². The number of aromatic nitrogens is 4. The summed E-state index contributed by atoms with van der Waals surface area (Å²) in [5.41, 5.74) is 1.78. The van der Waals surface area contributed by atoms with Gasteiger partial charge in [0.25, 0.3) is 0 Å². The third-order valence-electron chi connectivity index (χ3n) is 8.29. The number of nitrogens with zero attached hydrogens (tertiary/aromatic N) is 5. The number of anilines is 1. The van der Waals surface area contributed by atoms with E-state index in [2.05, 4.69) is 20.1 Å². The summed E-state index contributed by atoms with van der Waals surface area (Å²) in [6.45, 7) is 1.33. The lowest BCUT2D eigenvalue weighted by molar-refractivity contribution is -0.161. The maximum absolute atomic E-state index is 13.4. The highest BCUT2D eigenvalue weighted by molar-refractivity contribution is 6.31. The standard InChI is InChI=1S/C28H25ClF3N5O3/c29-20-2-1-15(25-34-26(40-35-25)18-8-21(18)30)5-16(20)6-23(38)19-10-33-37-4-3-17(7-22(19)37)36-13-27(14-36)11-28(39,12-27)9-24(31)32/h1-5,7,10,18,21,24,39H,6,8-9,11-14H2/t18-,21-/m0/s1. The van der Waals surface area contributed by atoms with E-state index in [1.165, 1.54) is 6.20 Å². The van der Waals surface area contributed by atoms with Gasteiger partial charge in [-0.3, -0.25) is 4.79 Å². The molecule has 3 fully saturated rings. The summed E-state index contributed by atoms with van der Waals surface area (Å²) < 4.78 is 45.7. The Morgan fingerprint density at radius 3 is 2.73 bits per heavy atom. The second kappa shape index (κ2) is 9.04. The van der Waals surface area contributed by atoms with Crippen LogP contribution in [0.25, 0.3) is 16.9 Å². The van der Waals surface area contributed by atoms with Gasteiger partial charge >= 0.3 is 0 Å². The number of hydrogen-bond donors (Lipinski definition) is 1. The van der Waals surface area contributed by atoms with Crippen LogP contribution >= 0.6 is 11.6 Å². The van der Waals surface area contributed by atoms with E-state index < -0.39 is 24.6 Å². The van der Waals surface area contributed by atoms with E-state index in [0.29, 0.717) is 65.4 Å². The molecule has 3 aliphatic rings. The van der Waals surface area contributed by atoms with Crippen LogP contribution in [0, 0.1) is 5.41 Å². The Hall–Kier alpha value is -3.44. The van der Waals surface area contributed by atoms with E-state index in [-0.39, 0.29) is 29.4 Å². The molecule has 3 aromatic heterocycles. The molecular weight excluding hydrogens is 547 g/mol. The molecule has 1 saturated heterocycles. The van der Waals surface area contributed by atoms with Gasteiger partial charge in [0, 0.05) is 53.8 Å². The molecule has 7 rings (SSSR count). The molecule has 0 unspecified atom stereocenters. The Balaban J connectivity index is 1.06. The van der Waals surface area contributed by atoms with Crippen molar-refractivity contribution in [3.8, 4) is 11.4 Å². The second-order valence-electron chi connectivity index (χ2n) is 11.5. The van der Waals surface area contributed by atoms with Crippen molar-refractivity contribution in [1.29, 1.82) is 0 Å². The molecule has 4 aromatic rings. The molecule has 0 bridgehead atoms. The smallest absolute Gasteiger partial charge is 0.241 e. The number of halogens is 4. The first-order valence-electron chi connectivity index (χ1n) is 13.1. The SMILES string of the molecule is O=C(Cc1cc(-c2noc([C@H]3C[C@@H]3F)n2)ccc1Cl)c1cnn2ccc(N3CC4(C3)CC(O)(CC(F)F)C4)cc12. The van der Waals surface area contributed by atoms with Crippen molar-refractivity contribution in [2.75, 3.05) is 18.0 Å². The highest BCUT2D eigenvalue weighted by atomic mass is 35.5. The van der Waals surface area contributed by atoms with Crippen LogP contribution in [-0.2, 0) is 6.42 Å². The van der Waals surface area contributed by atoms with Crippen molar-refractivity contribution in [3.63, 3.8) is 0 Å². The summed E-state index contributed by atoms with van der Waals surface area (Å²) in [7, 11) is 0. The van der Waals surface area contributed by atoms with Gasteiger partial charge in [0.15, 0.2) is 5.78 Å². The van der Waals surface area contributed by atoms with Crippen LogP contribution < -0.4 is 4.90 Å². The first-order valence-corrected chi connectivity index (χ1v) is 13.5. The summed E-state index contributed by atoms with van der Waals surface area (Å²) in [6, 6.07) is 8.92. The molecular formula is C28H25ClF3N5O3. The minimum absolute atomic E-state index is 0.0215. The molecule has 2 aliphatic carbocycles. The monoisotopic (exact) mass is 571 g/mol. The fraction of sp³-hybridized carbons (Fsp3) is 0.429. The lowest BCUT2D eigenvalue weighted by atomic mass is 9.54. The molecule has 208 valence electrons. The van der Waals surface area contributed by atoms with E-state index in [0.717, 1.165) is 5.69 Å². The zero-order chi connectivity index (χ0) is 27.8. The maximum Gasteiger partial charge on any atom is 0.241 e. The Kier molecular flexibility index (Phi) is 5.77. The molecule has 1 aromatic carbocycles. The highest BCUT2D eigenvalue weighted by Crippen LogP contribution is 2.56. The van der Waals surface area contributed by atoms with Crippen LogP contribution in [-0.4, -0.2) is 61.9 Å². The molecule has 8 nitrogen and oxygen atoms in total. The number of rotatable bonds is 8. The average molecular weight is 572 g/mol. The van der Waals surface area contributed by atoms with E-state index in [1.54, 1.807) is 28.9 Å². The average Bonchev–Trinajstić information content (AvgIpc) is 3.25. The molecule has 0 radical (unpaired) electrons. The number of fused-ring (bicyclic) bond motifs is 1. The Labute approximate surface area is 231 Å². The van der Waals surface area contributed by atoms with Gasteiger partial charge in [-0.15, -0.1) is 0 Å². The lowest BCUT2D eigenvalue weighted by Crippen LogP contribution is -2.68. The van der Waals surface area contributed by atoms with E-state index in [4.69, 9.17) is 16.1 Å². The second-order valence-corrected chi connectivity index (χ2v) is 11.9. The molecule has 12 heteroatoms. The number of hydrogen-bond acceptors (Lipinski definition) is 7. The molecule has 1 aliphatic heterocycles. The van der Waals surface area contributed by atoms with Gasteiger partial charge in [-0.05, 0) is 55.2 Å². The number of aliphatic hydroxyl groups is 1. The Morgan fingerprint density at radius 1 is 1.23 bits per heavy atom. The predicted molar refractivity (Wildman–Crippen MR) is 140 cm³/mol. The van der Waals surface area contributed by atoms with Crippen molar-refractivity contribution >= 4 is 28.6 Å². The number of pyridine rings is 1. The normalized spacial score (nSPS) is 22.5. The quantitative estimate of drug-likeness (QED) is 0.288. The molecule has 4 heterocycles. The Bertz CT molecular complexity index is 1620. The van der Waals surface area contributed by atoms with Gasteiger partial charge in [-0.2, -0.15) is 10.1 Å². The summed E-state index contributed by atoms with van der Waals surface area (Å²) in [5.74, 6) is 0.0618. The van der Waals surface area contributed by atoms with E-state index in [9.17, 15) is 23.1 Å². The minimum Gasteiger partial charge on any atom is -0.390 e. The molecule has 2 atom stereocenters. The van der Waals surface area contributed by atoms with Gasteiger partial charge in [-0.1, -0.05) is 16.8 Å². The zero-order valence-corrected chi connectivity index (χ0v) is 22.0. The predicted octanol–water partition coefficient (Wildman–Crippen LogP) is 5.28. The summed E-state index contributed by atoms with van der Waals surface area (Å²) in [4.78, 5) is 19.8. The molecule has 1 N–H and O–H groups in total. The topological polar surface area (TPSA) is 96.8 Å². The van der Waals surface area contributed by atoms with Crippen LogP contribution in [0.2, 0.25) is 5.02 Å². The third-order valence-corrected chi connectivity index (χ3v) is 8.66. The van der Waals surface area contributed by atoms with Crippen LogP contribution in [0.1, 0.15) is 53.4 Å². The first kappa shape index (κ1) is 25.5. The van der Waals surface area contributed by atoms with Gasteiger partial charge in [-0.25, -0.2) is 17.7 Å². The maximum atomic E-state index is 13.4. The third kappa shape index (κ3) is 4.45. The van der Waals surface area contributed by atoms with Crippen molar-refractivity contribution in [1.82, 2.24) is 19.8 Å². The van der Waals surface area contributed by atoms with Crippen molar-refractivity contribution < 1.29 is 27.6 Å². The number of carbonyl (C=O) groups excluding carboxylic acids is 1. The lowest BCUT2D eigenvalue weighted by Gasteiger charge is -2.63. The number of benzene rings is 1.